The second kappa shape index (κ2) is 12.0. The Morgan fingerprint density at radius 2 is 1.70 bits per heavy atom. The molecule has 0 spiro atoms. The summed E-state index contributed by atoms with van der Waals surface area (Å²) >= 11 is 19.7. The summed E-state index contributed by atoms with van der Waals surface area (Å²) in [5, 5.41) is 5.69. The van der Waals surface area contributed by atoms with Gasteiger partial charge in [-0.15, -0.1) is 0 Å². The van der Waals surface area contributed by atoms with Crippen molar-refractivity contribution in [2.75, 3.05) is 0 Å². The molecule has 0 aliphatic heterocycles. The fraction of sp³-hybridized carbons (Fsp3) is 0.0333. The third-order valence-electron chi connectivity index (χ3n) is 5.99. The van der Waals surface area contributed by atoms with Gasteiger partial charge in [0.05, 0.1) is 21.3 Å². The maximum Gasteiger partial charge on any atom is 0.343 e. The number of ether oxygens (including phenoxy) is 1. The third kappa shape index (κ3) is 6.00. The van der Waals surface area contributed by atoms with Crippen LogP contribution in [0.3, 0.4) is 0 Å². The topological polar surface area (TPSA) is 83.5 Å². The standard InChI is InChI=1S/C30H19Br2Cl2N3O3/c1-16-7-9-18(10-8-16)30(39)40-28-19(11-20(31)12-22(28)32)15-35-37-29(38)27-25(17-5-3-2-4-6-17)26-23(34)13-21(33)14-24(26)36-27/h2-15,36H,1H3,(H,37,38). The second-order valence-corrected chi connectivity index (χ2v) is 11.4. The van der Waals surface area contributed by atoms with Crippen LogP contribution in [0.4, 0.5) is 0 Å². The molecule has 0 saturated heterocycles. The van der Waals surface area contributed by atoms with E-state index in [2.05, 4.69) is 47.4 Å². The van der Waals surface area contributed by atoms with Crippen LogP contribution >= 0.6 is 55.1 Å². The first kappa shape index (κ1) is 28.1. The highest BCUT2D eigenvalue weighted by Crippen LogP contribution is 2.38. The summed E-state index contributed by atoms with van der Waals surface area (Å²) in [4.78, 5) is 29.3. The molecule has 0 radical (unpaired) electrons. The van der Waals surface area contributed by atoms with E-state index in [0.717, 1.165) is 15.6 Å². The number of benzene rings is 4. The zero-order chi connectivity index (χ0) is 28.4. The maximum atomic E-state index is 13.4. The summed E-state index contributed by atoms with van der Waals surface area (Å²) in [5.74, 6) is -0.766. The smallest absolute Gasteiger partial charge is 0.343 e. The van der Waals surface area contributed by atoms with Gasteiger partial charge in [0.1, 0.15) is 5.69 Å². The highest BCUT2D eigenvalue weighted by molar-refractivity contribution is 9.11. The molecule has 0 bridgehead atoms. The minimum atomic E-state index is -0.525. The fourth-order valence-corrected chi connectivity index (χ4v) is 6.08. The molecule has 2 N–H and O–H groups in total. The normalized spacial score (nSPS) is 11.2. The largest absolute Gasteiger partial charge is 0.421 e. The molecule has 6 nitrogen and oxygen atoms in total. The Morgan fingerprint density at radius 1 is 0.975 bits per heavy atom. The number of hydrazone groups is 1. The number of aryl methyl sites for hydroxylation is 1. The molecule has 4 aromatic carbocycles. The second-order valence-electron chi connectivity index (χ2n) is 8.81. The van der Waals surface area contributed by atoms with E-state index in [-0.39, 0.29) is 11.4 Å². The van der Waals surface area contributed by atoms with E-state index in [1.54, 1.807) is 36.4 Å². The number of carbonyl (C=O) groups is 2. The Labute approximate surface area is 256 Å². The van der Waals surface area contributed by atoms with Gasteiger partial charge in [-0.05, 0) is 64.8 Å². The van der Waals surface area contributed by atoms with Crippen molar-refractivity contribution in [1.82, 2.24) is 10.4 Å². The van der Waals surface area contributed by atoms with E-state index in [4.69, 9.17) is 27.9 Å². The van der Waals surface area contributed by atoms with Crippen molar-refractivity contribution >= 4 is 84.1 Å². The molecule has 1 amide bonds. The van der Waals surface area contributed by atoms with Crippen molar-refractivity contribution in [3.63, 3.8) is 0 Å². The van der Waals surface area contributed by atoms with Crippen LogP contribution in [0.25, 0.3) is 22.0 Å². The van der Waals surface area contributed by atoms with Gasteiger partial charge < -0.3 is 9.72 Å². The van der Waals surface area contributed by atoms with Crippen LogP contribution in [0.2, 0.25) is 10.0 Å². The summed E-state index contributed by atoms with van der Waals surface area (Å²) in [6, 6.07) is 23.3. The number of aromatic nitrogens is 1. The number of amides is 1. The van der Waals surface area contributed by atoms with Crippen LogP contribution in [0.1, 0.15) is 32.0 Å². The molecule has 1 aromatic heterocycles. The predicted octanol–water partition coefficient (Wildman–Crippen LogP) is 8.96. The number of carbonyl (C=O) groups excluding carboxylic acids is 2. The summed E-state index contributed by atoms with van der Waals surface area (Å²) in [7, 11) is 0. The van der Waals surface area contributed by atoms with Crippen LogP contribution < -0.4 is 10.2 Å². The first-order valence-electron chi connectivity index (χ1n) is 11.9. The maximum absolute atomic E-state index is 13.4. The molecule has 200 valence electrons. The molecule has 5 rings (SSSR count). The van der Waals surface area contributed by atoms with Crippen molar-refractivity contribution in [3.8, 4) is 16.9 Å². The average molecular weight is 700 g/mol. The SMILES string of the molecule is Cc1ccc(C(=O)Oc2c(Br)cc(Br)cc2C=NNC(=O)c2[nH]c3cc(Cl)cc(Cl)c3c2-c2ccccc2)cc1. The van der Waals surface area contributed by atoms with Crippen LogP contribution in [-0.4, -0.2) is 23.1 Å². The number of halogens is 4. The van der Waals surface area contributed by atoms with Crippen molar-refractivity contribution in [2.24, 2.45) is 5.10 Å². The van der Waals surface area contributed by atoms with Crippen LogP contribution in [0.15, 0.2) is 92.9 Å². The van der Waals surface area contributed by atoms with Gasteiger partial charge in [-0.2, -0.15) is 5.10 Å². The van der Waals surface area contributed by atoms with Crippen LogP contribution in [0, 0.1) is 6.92 Å². The van der Waals surface area contributed by atoms with E-state index < -0.39 is 11.9 Å². The molecule has 0 aliphatic rings. The van der Waals surface area contributed by atoms with Gasteiger partial charge in [0.15, 0.2) is 5.75 Å². The first-order valence-corrected chi connectivity index (χ1v) is 14.2. The summed E-state index contributed by atoms with van der Waals surface area (Å²) in [6.07, 6.45) is 1.40. The van der Waals surface area contributed by atoms with Crippen LogP contribution in [0.5, 0.6) is 5.75 Å². The van der Waals surface area contributed by atoms with E-state index in [9.17, 15) is 9.59 Å². The number of hydrogen-bond donors (Lipinski definition) is 2. The fourth-order valence-electron chi connectivity index (χ4n) is 4.15. The van der Waals surface area contributed by atoms with Gasteiger partial charge in [-0.1, -0.05) is 87.2 Å². The Hall–Kier alpha value is -3.43. The molecule has 0 saturated carbocycles. The van der Waals surface area contributed by atoms with Gasteiger partial charge in [0.2, 0.25) is 0 Å². The Bertz CT molecular complexity index is 1790. The number of hydrogen-bond acceptors (Lipinski definition) is 4. The van der Waals surface area contributed by atoms with Crippen molar-refractivity contribution in [2.45, 2.75) is 6.92 Å². The lowest BCUT2D eigenvalue weighted by Crippen LogP contribution is -2.19. The molecule has 5 aromatic rings. The number of fused-ring (bicyclic) bond motifs is 1. The summed E-state index contributed by atoms with van der Waals surface area (Å²) in [6.45, 7) is 1.94. The van der Waals surface area contributed by atoms with E-state index >= 15 is 0 Å². The van der Waals surface area contributed by atoms with Crippen LogP contribution in [-0.2, 0) is 0 Å². The number of nitrogens with one attached hydrogen (secondary N) is 2. The molecule has 0 fully saturated rings. The molecule has 1 heterocycles. The molecular formula is C30H19Br2Cl2N3O3. The minimum absolute atomic E-state index is 0.254. The lowest BCUT2D eigenvalue weighted by atomic mass is 10.0. The Kier molecular flexibility index (Phi) is 8.42. The zero-order valence-electron chi connectivity index (χ0n) is 20.8. The van der Waals surface area contributed by atoms with Crippen molar-refractivity contribution < 1.29 is 14.3 Å². The molecule has 10 heteroatoms. The number of esters is 1. The van der Waals surface area contributed by atoms with Gasteiger partial charge in [-0.3, -0.25) is 4.79 Å². The first-order chi connectivity index (χ1) is 19.2. The Balaban J connectivity index is 1.46. The molecule has 40 heavy (non-hydrogen) atoms. The van der Waals surface area contributed by atoms with Gasteiger partial charge in [0.25, 0.3) is 5.91 Å². The van der Waals surface area contributed by atoms with E-state index in [1.165, 1.54) is 6.21 Å². The highest BCUT2D eigenvalue weighted by Gasteiger charge is 2.22. The highest BCUT2D eigenvalue weighted by atomic mass is 79.9. The minimum Gasteiger partial charge on any atom is -0.421 e. The molecule has 0 unspecified atom stereocenters. The number of rotatable bonds is 6. The van der Waals surface area contributed by atoms with Crippen molar-refractivity contribution in [3.05, 3.63) is 120 Å². The zero-order valence-corrected chi connectivity index (χ0v) is 25.5. The Morgan fingerprint density at radius 3 is 2.42 bits per heavy atom. The molecule has 0 aliphatic carbocycles. The molecular weight excluding hydrogens is 681 g/mol. The van der Waals surface area contributed by atoms with E-state index in [0.29, 0.717) is 42.1 Å². The summed E-state index contributed by atoms with van der Waals surface area (Å²) < 4.78 is 6.95. The number of H-pyrrole nitrogens is 1. The van der Waals surface area contributed by atoms with Gasteiger partial charge in [0, 0.05) is 31.5 Å². The van der Waals surface area contributed by atoms with E-state index in [1.807, 2.05) is 49.4 Å². The number of nitrogens with zero attached hydrogens (tertiary/aromatic N) is 1. The average Bonchev–Trinajstić information content (AvgIpc) is 3.31. The lowest BCUT2D eigenvalue weighted by molar-refractivity contribution is 0.0733. The van der Waals surface area contributed by atoms with Gasteiger partial charge >= 0.3 is 5.97 Å². The number of aromatic amines is 1. The van der Waals surface area contributed by atoms with Gasteiger partial charge in [-0.25, -0.2) is 10.2 Å². The lowest BCUT2D eigenvalue weighted by Gasteiger charge is -2.11. The molecule has 0 atom stereocenters. The third-order valence-corrected chi connectivity index (χ3v) is 7.56. The summed E-state index contributed by atoms with van der Waals surface area (Å²) in [5.41, 5.74) is 6.76. The predicted molar refractivity (Wildman–Crippen MR) is 167 cm³/mol. The monoisotopic (exact) mass is 697 g/mol. The quantitative estimate of drug-likeness (QED) is 0.0804. The van der Waals surface area contributed by atoms with Crippen molar-refractivity contribution in [1.29, 1.82) is 0 Å².